The molecular weight excluding hydrogens is 547 g/mol. The summed E-state index contributed by atoms with van der Waals surface area (Å²) >= 11 is 0. The topological polar surface area (TPSA) is 9.23 Å². The number of rotatable bonds is 9. The molecule has 0 heterocycles. The number of benzene rings is 3. The van der Waals surface area contributed by atoms with Gasteiger partial charge in [0, 0.05) is 11.6 Å². The molecule has 0 radical (unpaired) electrons. The lowest BCUT2D eigenvalue weighted by atomic mass is 9.77. The molecular formula is C30H27F9O. The van der Waals surface area contributed by atoms with Crippen LogP contribution in [0, 0.1) is 23.4 Å². The highest BCUT2D eigenvalue weighted by Gasteiger charge is 2.42. The van der Waals surface area contributed by atoms with E-state index in [1.54, 1.807) is 0 Å². The molecule has 1 fully saturated rings. The minimum atomic E-state index is -4.58. The van der Waals surface area contributed by atoms with Crippen LogP contribution in [0.3, 0.4) is 0 Å². The first-order chi connectivity index (χ1) is 18.9. The van der Waals surface area contributed by atoms with Crippen LogP contribution in [0.2, 0.25) is 0 Å². The zero-order valence-corrected chi connectivity index (χ0v) is 21.3. The van der Waals surface area contributed by atoms with E-state index in [1.165, 1.54) is 0 Å². The van der Waals surface area contributed by atoms with Crippen molar-refractivity contribution in [2.75, 3.05) is 6.67 Å². The van der Waals surface area contributed by atoms with E-state index in [4.69, 9.17) is 0 Å². The number of alkyl halides is 6. The fraction of sp³-hybridized carbons (Fsp3) is 0.400. The van der Waals surface area contributed by atoms with E-state index in [9.17, 15) is 39.5 Å². The Bertz CT molecular complexity index is 1270. The third-order valence-corrected chi connectivity index (χ3v) is 7.38. The maximum atomic E-state index is 14.9. The van der Waals surface area contributed by atoms with Gasteiger partial charge in [0.05, 0.1) is 12.2 Å². The molecule has 0 spiro atoms. The number of ether oxygens (including phenoxy) is 1. The lowest BCUT2D eigenvalue weighted by Crippen LogP contribution is -2.26. The fourth-order valence-electron chi connectivity index (χ4n) is 5.25. The van der Waals surface area contributed by atoms with Crippen LogP contribution in [0.25, 0.3) is 11.1 Å². The molecule has 0 aromatic heterocycles. The van der Waals surface area contributed by atoms with E-state index in [0.717, 1.165) is 74.2 Å². The molecule has 3 aromatic carbocycles. The van der Waals surface area contributed by atoms with Crippen LogP contribution in [-0.4, -0.2) is 6.67 Å². The second-order valence-corrected chi connectivity index (χ2v) is 10.1. The van der Waals surface area contributed by atoms with Crippen molar-refractivity contribution in [2.45, 2.75) is 63.1 Å². The van der Waals surface area contributed by atoms with Crippen molar-refractivity contribution in [3.63, 3.8) is 0 Å². The molecule has 0 aliphatic heterocycles. The van der Waals surface area contributed by atoms with Crippen LogP contribution in [-0.2, 0) is 12.3 Å². The van der Waals surface area contributed by atoms with Gasteiger partial charge in [-0.3, -0.25) is 4.39 Å². The zero-order valence-electron chi connectivity index (χ0n) is 21.3. The monoisotopic (exact) mass is 574 g/mol. The Hall–Kier alpha value is -3.17. The van der Waals surface area contributed by atoms with Crippen molar-refractivity contribution in [1.29, 1.82) is 0 Å². The Morgan fingerprint density at radius 1 is 0.725 bits per heavy atom. The highest BCUT2D eigenvalue weighted by molar-refractivity contribution is 5.65. The zero-order chi connectivity index (χ0) is 29.1. The number of halogens is 9. The van der Waals surface area contributed by atoms with Crippen molar-refractivity contribution in [2.24, 2.45) is 5.92 Å². The van der Waals surface area contributed by atoms with Crippen LogP contribution in [0.5, 0.6) is 5.75 Å². The van der Waals surface area contributed by atoms with Crippen molar-refractivity contribution in [3.05, 3.63) is 88.7 Å². The Morgan fingerprint density at radius 3 is 1.90 bits per heavy atom. The van der Waals surface area contributed by atoms with Gasteiger partial charge in [0.25, 0.3) is 0 Å². The summed E-state index contributed by atoms with van der Waals surface area (Å²) in [4.78, 5) is 0. The molecule has 1 saturated carbocycles. The molecule has 0 atom stereocenters. The smallest absolute Gasteiger partial charge is 0.429 e. The standard InChI is InChI=1S/C30H27F9O/c31-14-2-1-3-18-4-6-19(7-5-18)21-15-26(33)28(27(34)16-21)30(38,39)40-23-12-13-24(25(32)17-23)20-8-10-22(11-9-20)29(35,36)37/h8-13,15-19H,1-7,14H2. The molecule has 10 heteroatoms. The fourth-order valence-corrected chi connectivity index (χ4v) is 5.25. The molecule has 1 aliphatic carbocycles. The van der Waals surface area contributed by atoms with Gasteiger partial charge >= 0.3 is 12.3 Å². The van der Waals surface area contributed by atoms with Gasteiger partial charge in [-0.1, -0.05) is 25.0 Å². The van der Waals surface area contributed by atoms with E-state index in [-0.39, 0.29) is 29.3 Å². The first kappa shape index (κ1) is 29.8. The van der Waals surface area contributed by atoms with E-state index >= 15 is 0 Å². The molecule has 4 rings (SSSR count). The van der Waals surface area contributed by atoms with Gasteiger partial charge in [-0.05, 0) is 91.5 Å². The van der Waals surface area contributed by atoms with Gasteiger partial charge in [0.1, 0.15) is 28.8 Å². The van der Waals surface area contributed by atoms with Crippen molar-refractivity contribution < 1.29 is 44.3 Å². The summed E-state index contributed by atoms with van der Waals surface area (Å²) in [6, 6.07) is 7.83. The summed E-state index contributed by atoms with van der Waals surface area (Å²) in [5.41, 5.74) is -2.40. The Labute approximate surface area is 226 Å². The van der Waals surface area contributed by atoms with Crippen LogP contribution in [0.4, 0.5) is 39.5 Å². The molecule has 0 saturated heterocycles. The van der Waals surface area contributed by atoms with Crippen LogP contribution < -0.4 is 4.74 Å². The number of hydrogen-bond acceptors (Lipinski definition) is 1. The highest BCUT2D eigenvalue weighted by atomic mass is 19.4. The normalized spacial score (nSPS) is 18.1. The van der Waals surface area contributed by atoms with Crippen molar-refractivity contribution in [1.82, 2.24) is 0 Å². The lowest BCUT2D eigenvalue weighted by Gasteiger charge is -2.29. The first-order valence-corrected chi connectivity index (χ1v) is 13.0. The lowest BCUT2D eigenvalue weighted by molar-refractivity contribution is -0.189. The molecule has 1 aliphatic rings. The predicted molar refractivity (Wildman–Crippen MR) is 132 cm³/mol. The summed E-state index contributed by atoms with van der Waals surface area (Å²) in [6.45, 7) is -0.364. The molecule has 0 bridgehead atoms. The third kappa shape index (κ3) is 6.93. The minimum Gasteiger partial charge on any atom is -0.429 e. The summed E-state index contributed by atoms with van der Waals surface area (Å²) in [5, 5.41) is 0. The van der Waals surface area contributed by atoms with Gasteiger partial charge < -0.3 is 4.74 Å². The van der Waals surface area contributed by atoms with Gasteiger partial charge in [-0.25, -0.2) is 13.2 Å². The minimum absolute atomic E-state index is 0.0604. The van der Waals surface area contributed by atoms with E-state index < -0.39 is 46.6 Å². The van der Waals surface area contributed by atoms with E-state index in [2.05, 4.69) is 4.74 Å². The molecule has 1 nitrogen and oxygen atoms in total. The summed E-state index contributed by atoms with van der Waals surface area (Å²) in [7, 11) is 0. The van der Waals surface area contributed by atoms with E-state index in [0.29, 0.717) is 31.2 Å². The SMILES string of the molecule is FCCCCC1CCC(c2cc(F)c(C(F)(F)Oc3ccc(-c4ccc(C(F)(F)F)cc4)c(F)c3)c(F)c2)CC1. The Balaban J connectivity index is 1.46. The van der Waals surface area contributed by atoms with Crippen molar-refractivity contribution >= 4 is 0 Å². The summed E-state index contributed by atoms with van der Waals surface area (Å²) < 4.78 is 129. The maximum absolute atomic E-state index is 14.9. The Morgan fingerprint density at radius 2 is 1.35 bits per heavy atom. The Kier molecular flexibility index (Phi) is 9.05. The molecule has 3 aromatic rings. The molecule has 0 N–H and O–H groups in total. The summed E-state index contributed by atoms with van der Waals surface area (Å²) in [5.74, 6) is -4.59. The highest BCUT2D eigenvalue weighted by Crippen LogP contribution is 2.41. The second-order valence-electron chi connectivity index (χ2n) is 10.1. The van der Waals surface area contributed by atoms with Gasteiger partial charge in [-0.2, -0.15) is 22.0 Å². The molecule has 0 unspecified atom stereocenters. The summed E-state index contributed by atoms with van der Waals surface area (Å²) in [6.07, 6.45) is -4.03. The van der Waals surface area contributed by atoms with Gasteiger partial charge in [0.15, 0.2) is 0 Å². The predicted octanol–water partition coefficient (Wildman–Crippen LogP) is 10.3. The number of unbranched alkanes of at least 4 members (excludes halogenated alkanes) is 1. The van der Waals surface area contributed by atoms with Gasteiger partial charge in [-0.15, -0.1) is 0 Å². The van der Waals surface area contributed by atoms with E-state index in [1.807, 2.05) is 0 Å². The molecule has 216 valence electrons. The largest absolute Gasteiger partial charge is 0.432 e. The van der Waals surface area contributed by atoms with Gasteiger partial charge in [0.2, 0.25) is 0 Å². The van der Waals surface area contributed by atoms with Crippen LogP contribution in [0.15, 0.2) is 54.6 Å². The van der Waals surface area contributed by atoms with Crippen LogP contribution in [0.1, 0.15) is 67.6 Å². The molecule has 0 amide bonds. The third-order valence-electron chi connectivity index (χ3n) is 7.38. The maximum Gasteiger partial charge on any atom is 0.432 e. The number of hydrogen-bond donors (Lipinski definition) is 0. The van der Waals surface area contributed by atoms with Crippen LogP contribution >= 0.6 is 0 Å². The average Bonchev–Trinajstić information content (AvgIpc) is 2.88. The van der Waals surface area contributed by atoms with Crippen molar-refractivity contribution in [3.8, 4) is 16.9 Å². The quantitative estimate of drug-likeness (QED) is 0.183. The first-order valence-electron chi connectivity index (χ1n) is 13.0. The second kappa shape index (κ2) is 12.1. The molecule has 40 heavy (non-hydrogen) atoms. The average molecular weight is 575 g/mol.